The minimum absolute atomic E-state index is 0.171. The lowest BCUT2D eigenvalue weighted by molar-refractivity contribution is 1.02. The van der Waals surface area contributed by atoms with E-state index in [0.717, 1.165) is 22.3 Å². The maximum Gasteiger partial charge on any atom is 0.332 e. The summed E-state index contributed by atoms with van der Waals surface area (Å²) < 4.78 is 1.62. The average Bonchev–Trinajstić information content (AvgIpc) is 2.80. The molecule has 0 amide bonds. The fourth-order valence-corrected chi connectivity index (χ4v) is 2.39. The van der Waals surface area contributed by atoms with E-state index in [0.29, 0.717) is 5.65 Å². The molecule has 4 nitrogen and oxygen atoms in total. The number of aromatic nitrogens is 3. The molecule has 3 rings (SSSR count). The van der Waals surface area contributed by atoms with Gasteiger partial charge in [-0.05, 0) is 38.1 Å². The number of nitrogens with one attached hydrogen (secondary N) is 1. The van der Waals surface area contributed by atoms with E-state index in [4.69, 9.17) is 0 Å². The lowest BCUT2D eigenvalue weighted by Crippen LogP contribution is -2.17. The molecule has 0 bridgehead atoms. The molecule has 0 radical (unpaired) electrons. The number of allylic oxidation sites excluding steroid dienone is 2. The van der Waals surface area contributed by atoms with Crippen LogP contribution in [0.1, 0.15) is 25.2 Å². The van der Waals surface area contributed by atoms with Crippen molar-refractivity contribution in [2.24, 2.45) is 0 Å². The first-order chi connectivity index (χ1) is 9.76. The highest BCUT2D eigenvalue weighted by atomic mass is 16.1. The van der Waals surface area contributed by atoms with E-state index < -0.39 is 0 Å². The smallest absolute Gasteiger partial charge is 0.306 e. The molecule has 0 fully saturated rings. The zero-order valence-electron chi connectivity index (χ0n) is 11.4. The molecular weight excluding hydrogens is 250 g/mol. The van der Waals surface area contributed by atoms with Gasteiger partial charge >= 0.3 is 5.69 Å². The second kappa shape index (κ2) is 4.81. The normalized spacial score (nSPS) is 12.3. The highest BCUT2D eigenvalue weighted by molar-refractivity contribution is 5.92. The first-order valence-electron chi connectivity index (χ1n) is 6.55. The van der Waals surface area contributed by atoms with E-state index in [2.05, 4.69) is 9.97 Å². The van der Waals surface area contributed by atoms with Crippen molar-refractivity contribution in [2.75, 3.05) is 0 Å². The number of rotatable bonds is 2. The number of hydrogen-bond donors (Lipinski definition) is 1. The summed E-state index contributed by atoms with van der Waals surface area (Å²) in [5.41, 5.74) is 2.91. The third-order valence-corrected chi connectivity index (χ3v) is 3.20. The van der Waals surface area contributed by atoms with Crippen LogP contribution in [0, 0.1) is 0 Å². The van der Waals surface area contributed by atoms with Gasteiger partial charge < -0.3 is 4.98 Å². The summed E-state index contributed by atoms with van der Waals surface area (Å²) >= 11 is 0. The molecule has 4 heteroatoms. The van der Waals surface area contributed by atoms with E-state index >= 15 is 0 Å². The van der Waals surface area contributed by atoms with Gasteiger partial charge in [-0.3, -0.25) is 0 Å². The minimum atomic E-state index is -0.171. The van der Waals surface area contributed by atoms with Crippen LogP contribution >= 0.6 is 0 Å². The van der Waals surface area contributed by atoms with Gasteiger partial charge in [-0.1, -0.05) is 24.3 Å². The summed E-state index contributed by atoms with van der Waals surface area (Å²) in [6, 6.07) is 7.69. The van der Waals surface area contributed by atoms with Crippen LogP contribution in [-0.4, -0.2) is 14.4 Å². The molecule has 0 aliphatic carbocycles. The van der Waals surface area contributed by atoms with Crippen LogP contribution in [-0.2, 0) is 0 Å². The molecule has 0 saturated heterocycles. The zero-order valence-corrected chi connectivity index (χ0v) is 11.4. The molecule has 100 valence electrons. The topological polar surface area (TPSA) is 50.2 Å². The van der Waals surface area contributed by atoms with Gasteiger partial charge in [0.25, 0.3) is 0 Å². The Morgan fingerprint density at radius 1 is 1.15 bits per heavy atom. The Labute approximate surface area is 116 Å². The summed E-state index contributed by atoms with van der Waals surface area (Å²) in [5.74, 6) is 0. The summed E-state index contributed by atoms with van der Waals surface area (Å²) in [7, 11) is 0. The van der Waals surface area contributed by atoms with Crippen molar-refractivity contribution in [3.8, 4) is 0 Å². The van der Waals surface area contributed by atoms with Crippen molar-refractivity contribution in [3.05, 3.63) is 58.3 Å². The number of benzene rings is 1. The van der Waals surface area contributed by atoms with Gasteiger partial charge in [0.05, 0.1) is 16.9 Å². The van der Waals surface area contributed by atoms with Gasteiger partial charge in [0, 0.05) is 5.39 Å². The van der Waals surface area contributed by atoms with Crippen molar-refractivity contribution >= 4 is 28.7 Å². The van der Waals surface area contributed by atoms with Crippen LogP contribution in [0.15, 0.2) is 41.2 Å². The maximum atomic E-state index is 12.3. The fraction of sp³-hybridized carbons (Fsp3) is 0.125. The Hall–Kier alpha value is -2.62. The molecule has 3 aromatic rings. The monoisotopic (exact) mass is 265 g/mol. The molecule has 0 atom stereocenters. The van der Waals surface area contributed by atoms with Crippen LogP contribution in [0.25, 0.3) is 28.7 Å². The number of H-pyrrole nitrogens is 1. The molecule has 2 heterocycles. The van der Waals surface area contributed by atoms with Gasteiger partial charge in [0.2, 0.25) is 0 Å². The number of imidazole rings is 1. The van der Waals surface area contributed by atoms with E-state index in [1.54, 1.807) is 4.40 Å². The average molecular weight is 265 g/mol. The van der Waals surface area contributed by atoms with Gasteiger partial charge in [-0.25, -0.2) is 14.2 Å². The molecule has 0 spiro atoms. The second-order valence-corrected chi connectivity index (χ2v) is 4.52. The molecule has 0 unspecified atom stereocenters. The molecule has 0 saturated carbocycles. The number of hydrogen-bond acceptors (Lipinski definition) is 2. The van der Waals surface area contributed by atoms with Crippen molar-refractivity contribution in [3.63, 3.8) is 0 Å². The quantitative estimate of drug-likeness (QED) is 0.773. The number of fused-ring (bicyclic) bond motifs is 3. The first-order valence-corrected chi connectivity index (χ1v) is 6.55. The van der Waals surface area contributed by atoms with E-state index in [1.807, 2.05) is 62.4 Å². The Bertz CT molecular complexity index is 897. The summed E-state index contributed by atoms with van der Waals surface area (Å²) in [6.45, 7) is 3.86. The lowest BCUT2D eigenvalue weighted by atomic mass is 10.2. The zero-order chi connectivity index (χ0) is 14.1. The van der Waals surface area contributed by atoms with Gasteiger partial charge in [-0.2, -0.15) is 0 Å². The van der Waals surface area contributed by atoms with E-state index in [9.17, 15) is 4.79 Å². The van der Waals surface area contributed by atoms with Gasteiger partial charge in [0.15, 0.2) is 5.65 Å². The van der Waals surface area contributed by atoms with Crippen LogP contribution in [0.2, 0.25) is 0 Å². The highest BCUT2D eigenvalue weighted by Gasteiger charge is 2.13. The third-order valence-electron chi connectivity index (χ3n) is 3.20. The fourth-order valence-electron chi connectivity index (χ4n) is 2.39. The molecule has 1 N–H and O–H groups in total. The third kappa shape index (κ3) is 1.77. The number of nitrogens with zero attached hydrogens (tertiary/aromatic N) is 2. The van der Waals surface area contributed by atoms with Gasteiger partial charge in [0.1, 0.15) is 0 Å². The Morgan fingerprint density at radius 2 is 1.90 bits per heavy atom. The molecular formula is C16H15N3O. The number of para-hydroxylation sites is 1. The Morgan fingerprint density at radius 3 is 2.65 bits per heavy atom. The predicted octanol–water partition coefficient (Wildman–Crippen LogP) is 3.24. The molecule has 1 aromatic carbocycles. The summed E-state index contributed by atoms with van der Waals surface area (Å²) in [4.78, 5) is 19.8. The van der Waals surface area contributed by atoms with Crippen LogP contribution in [0.4, 0.5) is 0 Å². The van der Waals surface area contributed by atoms with Crippen molar-refractivity contribution < 1.29 is 0 Å². The molecule has 2 aromatic heterocycles. The minimum Gasteiger partial charge on any atom is -0.306 e. The molecule has 0 aliphatic heterocycles. The SMILES string of the molecule is C/C=C\c1nc2c3ccccc3[nH]c(=O)n2c1/C=C\C. The Kier molecular flexibility index (Phi) is 2.99. The Balaban J connectivity index is 2.56. The molecule has 20 heavy (non-hydrogen) atoms. The summed E-state index contributed by atoms with van der Waals surface area (Å²) in [6.07, 6.45) is 7.64. The van der Waals surface area contributed by atoms with Crippen molar-refractivity contribution in [1.29, 1.82) is 0 Å². The van der Waals surface area contributed by atoms with Crippen LogP contribution < -0.4 is 5.69 Å². The van der Waals surface area contributed by atoms with Crippen molar-refractivity contribution in [2.45, 2.75) is 13.8 Å². The highest BCUT2D eigenvalue weighted by Crippen LogP contribution is 2.20. The second-order valence-electron chi connectivity index (χ2n) is 4.52. The summed E-state index contributed by atoms with van der Waals surface area (Å²) in [5, 5.41) is 0.939. The van der Waals surface area contributed by atoms with Crippen LogP contribution in [0.5, 0.6) is 0 Å². The largest absolute Gasteiger partial charge is 0.332 e. The van der Waals surface area contributed by atoms with Crippen LogP contribution in [0.3, 0.4) is 0 Å². The van der Waals surface area contributed by atoms with E-state index in [-0.39, 0.29) is 5.69 Å². The van der Waals surface area contributed by atoms with Gasteiger partial charge in [-0.15, -0.1) is 0 Å². The predicted molar refractivity (Wildman–Crippen MR) is 82.7 cm³/mol. The van der Waals surface area contributed by atoms with E-state index in [1.165, 1.54) is 0 Å². The molecule has 0 aliphatic rings. The van der Waals surface area contributed by atoms with Crippen molar-refractivity contribution in [1.82, 2.24) is 14.4 Å². The first kappa shape index (κ1) is 12.4. The standard InChI is InChI=1S/C16H15N3O/c1-3-7-13-14(8-4-2)19-15(17-13)11-9-5-6-10-12(11)18-16(19)20/h3-10H,1-2H3,(H,18,20)/b7-3-,8-4-. The number of aromatic amines is 1. The lowest BCUT2D eigenvalue weighted by Gasteiger charge is -2.01. The maximum absolute atomic E-state index is 12.3.